The maximum absolute atomic E-state index is 14.3. The van der Waals surface area contributed by atoms with Gasteiger partial charge in [-0.15, -0.1) is 0 Å². The number of alkyl halides is 3. The van der Waals surface area contributed by atoms with E-state index in [0.717, 1.165) is 11.1 Å². The Morgan fingerprint density at radius 3 is 2.43 bits per heavy atom. The lowest BCUT2D eigenvalue weighted by Gasteiger charge is -2.22. The Morgan fingerprint density at radius 1 is 1.00 bits per heavy atom. The number of aromatic nitrogens is 1. The van der Waals surface area contributed by atoms with Crippen LogP contribution in [0.5, 0.6) is 0 Å². The third-order valence-corrected chi connectivity index (χ3v) is 7.71. The first-order chi connectivity index (χ1) is 22.3. The minimum Gasteiger partial charge on any atom is -0.464 e. The van der Waals surface area contributed by atoms with Crippen molar-refractivity contribution in [3.05, 3.63) is 89.3 Å². The fourth-order valence-corrected chi connectivity index (χ4v) is 5.26. The molecule has 0 unspecified atom stereocenters. The minimum atomic E-state index is -4.49. The van der Waals surface area contributed by atoms with Gasteiger partial charge in [-0.1, -0.05) is 35.9 Å². The Labute approximate surface area is 277 Å². The summed E-state index contributed by atoms with van der Waals surface area (Å²) in [7, 11) is 3.70. The van der Waals surface area contributed by atoms with Gasteiger partial charge in [-0.2, -0.15) is 18.2 Å². The van der Waals surface area contributed by atoms with Crippen molar-refractivity contribution in [1.29, 1.82) is 0 Å². The van der Waals surface area contributed by atoms with Crippen molar-refractivity contribution in [2.45, 2.75) is 36.3 Å². The number of anilines is 2. The van der Waals surface area contributed by atoms with Crippen LogP contribution < -0.4 is 10.4 Å². The quantitative estimate of drug-likeness (QED) is 0.0654. The summed E-state index contributed by atoms with van der Waals surface area (Å²) >= 11 is 5.91. The highest BCUT2D eigenvalue weighted by Crippen LogP contribution is 2.38. The van der Waals surface area contributed by atoms with Crippen molar-refractivity contribution in [2.75, 3.05) is 37.6 Å². The molecule has 1 heterocycles. The first kappa shape index (κ1) is 35.7. The van der Waals surface area contributed by atoms with Crippen molar-refractivity contribution in [2.24, 2.45) is 0 Å². The third-order valence-electron chi connectivity index (χ3n) is 6.63. The van der Waals surface area contributed by atoms with Crippen LogP contribution in [0.4, 0.5) is 33.7 Å². The third kappa shape index (κ3) is 10.4. The standard InChI is InChI=1S/C32H31ClF4N4O5S/c1-39(2)15-16-45-30(43)10-6-9-29(42)40-19-27(25-17-22(34)12-14-28(25)40)38-31(44)41(23-7-4-3-5-8-23)46-20-21-11-13-24(18-26(21)33)47-32(35,36)37/h3-5,7-8,11-14,17-19H,6,9-10,15-16,20H2,1-2H3,(H,38,44). The molecule has 250 valence electrons. The van der Waals surface area contributed by atoms with E-state index in [1.165, 1.54) is 41.1 Å². The SMILES string of the molecule is CN(C)CCOC(=O)CCCC(=O)n1cc(NC(=O)N(OCc2ccc(SC(F)(F)F)cc2Cl)c2ccccc2)c2cc(F)ccc21. The van der Waals surface area contributed by atoms with Crippen LogP contribution in [0.2, 0.25) is 5.02 Å². The number of para-hydroxylation sites is 1. The monoisotopic (exact) mass is 694 g/mol. The second-order valence-corrected chi connectivity index (χ2v) is 12.0. The molecule has 0 radical (unpaired) electrons. The van der Waals surface area contributed by atoms with Crippen LogP contribution in [0.3, 0.4) is 0 Å². The van der Waals surface area contributed by atoms with Gasteiger partial charge < -0.3 is 15.0 Å². The van der Waals surface area contributed by atoms with Crippen LogP contribution in [0, 0.1) is 5.82 Å². The summed E-state index contributed by atoms with van der Waals surface area (Å²) in [6, 6.07) is 14.9. The van der Waals surface area contributed by atoms with Gasteiger partial charge in [-0.05, 0) is 80.3 Å². The lowest BCUT2D eigenvalue weighted by molar-refractivity contribution is -0.144. The summed E-state index contributed by atoms with van der Waals surface area (Å²) < 4.78 is 59.1. The first-order valence-electron chi connectivity index (χ1n) is 14.3. The summed E-state index contributed by atoms with van der Waals surface area (Å²) in [5.41, 5.74) is -3.43. The lowest BCUT2D eigenvalue weighted by Crippen LogP contribution is -2.35. The number of carbonyl (C=O) groups excluding carboxylic acids is 3. The number of rotatable bonds is 13. The number of hydroxylamine groups is 1. The molecule has 2 amide bonds. The fraction of sp³-hybridized carbons (Fsp3) is 0.281. The Bertz CT molecular complexity index is 1720. The van der Waals surface area contributed by atoms with E-state index in [4.69, 9.17) is 21.2 Å². The van der Waals surface area contributed by atoms with Crippen LogP contribution in [0.15, 0.2) is 77.8 Å². The van der Waals surface area contributed by atoms with Gasteiger partial charge in [0.2, 0.25) is 5.91 Å². The molecule has 9 nitrogen and oxygen atoms in total. The molecule has 15 heteroatoms. The van der Waals surface area contributed by atoms with Gasteiger partial charge in [-0.25, -0.2) is 9.18 Å². The van der Waals surface area contributed by atoms with E-state index in [9.17, 15) is 31.9 Å². The normalized spacial score (nSPS) is 11.6. The van der Waals surface area contributed by atoms with E-state index in [1.807, 2.05) is 19.0 Å². The second kappa shape index (κ2) is 16.1. The van der Waals surface area contributed by atoms with Crippen molar-refractivity contribution in [3.8, 4) is 0 Å². The van der Waals surface area contributed by atoms with Crippen molar-refractivity contribution >= 4 is 63.5 Å². The second-order valence-electron chi connectivity index (χ2n) is 10.5. The number of carbonyl (C=O) groups is 3. The Morgan fingerprint density at radius 2 is 1.74 bits per heavy atom. The Balaban J connectivity index is 1.50. The Hall–Kier alpha value is -4.11. The fourth-order valence-electron chi connectivity index (χ4n) is 4.38. The number of nitrogens with zero attached hydrogens (tertiary/aromatic N) is 3. The van der Waals surface area contributed by atoms with Gasteiger partial charge >= 0.3 is 17.5 Å². The van der Waals surface area contributed by atoms with E-state index in [-0.39, 0.29) is 71.1 Å². The van der Waals surface area contributed by atoms with Crippen LogP contribution in [-0.4, -0.2) is 60.1 Å². The number of hydrogen-bond acceptors (Lipinski definition) is 7. The van der Waals surface area contributed by atoms with Crippen LogP contribution >= 0.6 is 23.4 Å². The van der Waals surface area contributed by atoms with E-state index in [0.29, 0.717) is 23.3 Å². The zero-order valence-electron chi connectivity index (χ0n) is 25.4. The minimum absolute atomic E-state index is 0.00607. The number of nitrogens with one attached hydrogen (secondary N) is 1. The van der Waals surface area contributed by atoms with Crippen molar-refractivity contribution in [1.82, 2.24) is 9.47 Å². The topological polar surface area (TPSA) is 93.1 Å². The molecule has 3 aromatic carbocycles. The average molecular weight is 695 g/mol. The van der Waals surface area contributed by atoms with E-state index < -0.39 is 23.3 Å². The number of amides is 2. The first-order valence-corrected chi connectivity index (χ1v) is 15.5. The van der Waals surface area contributed by atoms with Gasteiger partial charge in [0.25, 0.3) is 0 Å². The number of fused-ring (bicyclic) bond motifs is 1. The van der Waals surface area contributed by atoms with Crippen LogP contribution in [0.1, 0.15) is 29.6 Å². The zero-order chi connectivity index (χ0) is 34.1. The largest absolute Gasteiger partial charge is 0.464 e. The molecule has 0 aliphatic heterocycles. The number of ether oxygens (including phenoxy) is 1. The van der Waals surface area contributed by atoms with E-state index in [1.54, 1.807) is 30.3 Å². The predicted molar refractivity (Wildman–Crippen MR) is 172 cm³/mol. The van der Waals surface area contributed by atoms with Crippen molar-refractivity contribution in [3.63, 3.8) is 0 Å². The maximum Gasteiger partial charge on any atom is 0.446 e. The highest BCUT2D eigenvalue weighted by atomic mass is 35.5. The molecular weight excluding hydrogens is 664 g/mol. The average Bonchev–Trinajstić information content (AvgIpc) is 3.35. The van der Waals surface area contributed by atoms with Crippen LogP contribution in [-0.2, 0) is 21.0 Å². The molecule has 0 spiro atoms. The van der Waals surface area contributed by atoms with Crippen LogP contribution in [0.25, 0.3) is 10.9 Å². The maximum atomic E-state index is 14.3. The van der Waals surface area contributed by atoms with Gasteiger partial charge in [0.1, 0.15) is 19.0 Å². The number of likely N-dealkylation sites (N-methyl/N-ethyl adjacent to an activating group) is 1. The molecule has 0 saturated carbocycles. The highest BCUT2D eigenvalue weighted by Gasteiger charge is 2.29. The van der Waals surface area contributed by atoms with Crippen molar-refractivity contribution < 1.29 is 41.5 Å². The molecular formula is C32H31ClF4N4O5S. The summed E-state index contributed by atoms with van der Waals surface area (Å²) in [4.78, 5) is 46.3. The number of thioether (sulfide) groups is 1. The molecule has 4 rings (SSSR count). The predicted octanol–water partition coefficient (Wildman–Crippen LogP) is 8.13. The lowest BCUT2D eigenvalue weighted by atomic mass is 10.2. The molecule has 1 N–H and O–H groups in total. The number of urea groups is 1. The smallest absolute Gasteiger partial charge is 0.446 e. The molecule has 0 fully saturated rings. The summed E-state index contributed by atoms with van der Waals surface area (Å²) in [6.07, 6.45) is 1.60. The van der Waals surface area contributed by atoms with Gasteiger partial charge in [0.15, 0.2) is 0 Å². The Kier molecular flexibility index (Phi) is 12.3. The number of hydrogen-bond donors (Lipinski definition) is 1. The molecule has 0 aliphatic carbocycles. The van der Waals surface area contributed by atoms with Gasteiger partial charge in [0, 0.05) is 40.9 Å². The molecule has 0 aliphatic rings. The number of halogens is 5. The molecule has 0 saturated heterocycles. The summed E-state index contributed by atoms with van der Waals surface area (Å²) in [5, 5.41) is 3.82. The summed E-state index contributed by atoms with van der Waals surface area (Å²) in [6.45, 7) is 0.522. The van der Waals surface area contributed by atoms with E-state index in [2.05, 4.69) is 5.32 Å². The molecule has 0 atom stereocenters. The summed E-state index contributed by atoms with van der Waals surface area (Å²) in [5.74, 6) is -1.41. The molecule has 0 bridgehead atoms. The molecule has 47 heavy (non-hydrogen) atoms. The zero-order valence-corrected chi connectivity index (χ0v) is 26.9. The molecule has 1 aromatic heterocycles. The molecule has 4 aromatic rings. The number of benzene rings is 3. The van der Waals surface area contributed by atoms with Gasteiger partial charge in [-0.3, -0.25) is 19.0 Å². The number of esters is 1. The van der Waals surface area contributed by atoms with E-state index >= 15 is 0 Å². The highest BCUT2D eigenvalue weighted by molar-refractivity contribution is 8.00. The van der Waals surface area contributed by atoms with Gasteiger partial charge in [0.05, 0.1) is 16.9 Å².